The Hall–Kier alpha value is -2.23. The van der Waals surface area contributed by atoms with Gasteiger partial charge in [0.2, 0.25) is 0 Å². The molecule has 3 rings (SSSR count). The quantitative estimate of drug-likeness (QED) is 0.936. The third kappa shape index (κ3) is 3.48. The van der Waals surface area contributed by atoms with Crippen LogP contribution in [-0.4, -0.2) is 32.6 Å². The molecule has 126 valence electrons. The molecule has 5 nitrogen and oxygen atoms in total. The molecule has 0 spiro atoms. The van der Waals surface area contributed by atoms with Crippen molar-refractivity contribution in [3.05, 3.63) is 53.4 Å². The molecule has 1 aromatic heterocycles. The molecular formula is C18H21FN4O. The van der Waals surface area contributed by atoms with E-state index >= 15 is 0 Å². The van der Waals surface area contributed by atoms with Crippen molar-refractivity contribution < 1.29 is 9.50 Å². The highest BCUT2D eigenvalue weighted by molar-refractivity contribution is 5.37. The lowest BCUT2D eigenvalue weighted by molar-refractivity contribution is 0.0492. The minimum absolute atomic E-state index is 0.172. The van der Waals surface area contributed by atoms with E-state index < -0.39 is 6.10 Å². The van der Waals surface area contributed by atoms with Crippen LogP contribution in [0.3, 0.4) is 0 Å². The second kappa shape index (κ2) is 7.12. The van der Waals surface area contributed by atoms with Gasteiger partial charge in [-0.15, -0.1) is 0 Å². The topological polar surface area (TPSA) is 65.1 Å². The van der Waals surface area contributed by atoms with Gasteiger partial charge in [-0.25, -0.2) is 9.37 Å². The molecule has 0 amide bonds. The fourth-order valence-corrected chi connectivity index (χ4v) is 3.34. The fourth-order valence-electron chi connectivity index (χ4n) is 3.34. The van der Waals surface area contributed by atoms with Crippen molar-refractivity contribution in [1.29, 1.82) is 5.26 Å². The third-order valence-electron chi connectivity index (χ3n) is 4.78. The standard InChI is InChI=1S/C18H21FN4O/c1-22-9-6-21-18(22)17(24)13-4-7-23(8-5-13)12-15-10-16(19)3-2-14(15)11-20/h2-3,6,9-10,13,17,24H,4-5,7-8,12H2,1H3/t17-/m1/s1. The van der Waals surface area contributed by atoms with E-state index in [0.29, 0.717) is 17.9 Å². The Labute approximate surface area is 141 Å². The average Bonchev–Trinajstić information content (AvgIpc) is 3.01. The number of aryl methyl sites for hydroxylation is 1. The molecule has 0 unspecified atom stereocenters. The van der Waals surface area contributed by atoms with Crippen molar-refractivity contribution in [2.24, 2.45) is 13.0 Å². The van der Waals surface area contributed by atoms with Crippen LogP contribution < -0.4 is 0 Å². The van der Waals surface area contributed by atoms with E-state index in [4.69, 9.17) is 5.26 Å². The highest BCUT2D eigenvalue weighted by atomic mass is 19.1. The summed E-state index contributed by atoms with van der Waals surface area (Å²) < 4.78 is 15.3. The molecule has 0 bridgehead atoms. The zero-order valence-electron chi connectivity index (χ0n) is 13.7. The van der Waals surface area contributed by atoms with Crippen molar-refractivity contribution in [3.63, 3.8) is 0 Å². The van der Waals surface area contributed by atoms with Crippen molar-refractivity contribution in [3.8, 4) is 6.07 Å². The number of aliphatic hydroxyl groups excluding tert-OH is 1. The lowest BCUT2D eigenvalue weighted by Gasteiger charge is -2.34. The summed E-state index contributed by atoms with van der Waals surface area (Å²) in [5, 5.41) is 19.7. The summed E-state index contributed by atoms with van der Waals surface area (Å²) >= 11 is 0. The first kappa shape index (κ1) is 16.6. The minimum atomic E-state index is -0.559. The van der Waals surface area contributed by atoms with Gasteiger partial charge in [0.25, 0.3) is 0 Å². The lowest BCUT2D eigenvalue weighted by atomic mass is 9.90. The number of hydrogen-bond donors (Lipinski definition) is 1. The van der Waals surface area contributed by atoms with Crippen LogP contribution in [0.1, 0.15) is 35.9 Å². The summed E-state index contributed by atoms with van der Waals surface area (Å²) in [6, 6.07) is 6.40. The van der Waals surface area contributed by atoms with E-state index in [-0.39, 0.29) is 11.7 Å². The van der Waals surface area contributed by atoms with Crippen LogP contribution in [0.2, 0.25) is 0 Å². The van der Waals surface area contributed by atoms with Crippen molar-refractivity contribution in [2.75, 3.05) is 13.1 Å². The summed E-state index contributed by atoms with van der Waals surface area (Å²) in [5.41, 5.74) is 1.24. The second-order valence-electron chi connectivity index (χ2n) is 6.37. The number of benzene rings is 1. The molecule has 1 fully saturated rings. The maximum Gasteiger partial charge on any atom is 0.137 e. The second-order valence-corrected chi connectivity index (χ2v) is 6.37. The summed E-state index contributed by atoms with van der Waals surface area (Å²) in [5.74, 6) is 0.555. The predicted molar refractivity (Wildman–Crippen MR) is 87.3 cm³/mol. The van der Waals surface area contributed by atoms with Crippen molar-refractivity contribution in [1.82, 2.24) is 14.5 Å². The lowest BCUT2D eigenvalue weighted by Crippen LogP contribution is -2.35. The van der Waals surface area contributed by atoms with Gasteiger partial charge < -0.3 is 9.67 Å². The van der Waals surface area contributed by atoms with Crippen LogP contribution in [0.15, 0.2) is 30.6 Å². The Morgan fingerprint density at radius 2 is 2.17 bits per heavy atom. The summed E-state index contributed by atoms with van der Waals surface area (Å²) in [7, 11) is 1.88. The monoisotopic (exact) mass is 328 g/mol. The van der Waals surface area contributed by atoms with Crippen LogP contribution in [-0.2, 0) is 13.6 Å². The molecule has 0 radical (unpaired) electrons. The van der Waals surface area contributed by atoms with E-state index in [1.54, 1.807) is 6.20 Å². The third-order valence-corrected chi connectivity index (χ3v) is 4.78. The van der Waals surface area contributed by atoms with Gasteiger partial charge in [-0.1, -0.05) is 0 Å². The number of rotatable bonds is 4. The fraction of sp³-hybridized carbons (Fsp3) is 0.444. The number of nitrogens with zero attached hydrogens (tertiary/aromatic N) is 4. The van der Waals surface area contributed by atoms with E-state index in [1.165, 1.54) is 18.2 Å². The Kier molecular flexibility index (Phi) is 4.93. The molecule has 6 heteroatoms. The number of halogens is 1. The Bertz CT molecular complexity index is 744. The molecule has 2 heterocycles. The van der Waals surface area contributed by atoms with Gasteiger partial charge in [-0.2, -0.15) is 5.26 Å². The normalized spacial score (nSPS) is 17.6. The van der Waals surface area contributed by atoms with Gasteiger partial charge in [-0.05, 0) is 55.6 Å². The van der Waals surface area contributed by atoms with Gasteiger partial charge in [0.1, 0.15) is 17.7 Å². The summed E-state index contributed by atoms with van der Waals surface area (Å²) in [4.78, 5) is 6.44. The minimum Gasteiger partial charge on any atom is -0.385 e. The summed E-state index contributed by atoms with van der Waals surface area (Å²) in [6.45, 7) is 2.19. The molecular weight excluding hydrogens is 307 g/mol. The van der Waals surface area contributed by atoms with Crippen LogP contribution >= 0.6 is 0 Å². The number of likely N-dealkylation sites (tertiary alicyclic amines) is 1. The van der Waals surface area contributed by atoms with Gasteiger partial charge in [-0.3, -0.25) is 4.90 Å². The molecule has 1 aliphatic heterocycles. The van der Waals surface area contributed by atoms with E-state index in [0.717, 1.165) is 31.5 Å². The first-order chi connectivity index (χ1) is 11.6. The zero-order valence-corrected chi connectivity index (χ0v) is 13.7. The van der Waals surface area contributed by atoms with Gasteiger partial charge in [0, 0.05) is 26.0 Å². The number of nitriles is 1. The zero-order chi connectivity index (χ0) is 17.1. The first-order valence-electron chi connectivity index (χ1n) is 8.14. The van der Waals surface area contributed by atoms with Crippen LogP contribution in [0.25, 0.3) is 0 Å². The van der Waals surface area contributed by atoms with Gasteiger partial charge in [0.15, 0.2) is 0 Å². The molecule has 24 heavy (non-hydrogen) atoms. The smallest absolute Gasteiger partial charge is 0.137 e. The van der Waals surface area contributed by atoms with Crippen LogP contribution in [0, 0.1) is 23.1 Å². The molecule has 0 saturated carbocycles. The SMILES string of the molecule is Cn1ccnc1[C@H](O)C1CCN(Cc2cc(F)ccc2C#N)CC1. The Morgan fingerprint density at radius 1 is 1.42 bits per heavy atom. The Balaban J connectivity index is 1.61. The number of aromatic nitrogens is 2. The van der Waals surface area contributed by atoms with Gasteiger partial charge >= 0.3 is 0 Å². The Morgan fingerprint density at radius 3 is 2.79 bits per heavy atom. The predicted octanol–water partition coefficient (Wildman–Crippen LogP) is 2.38. The number of aliphatic hydroxyl groups is 1. The van der Waals surface area contributed by atoms with E-state index in [9.17, 15) is 9.50 Å². The van der Waals surface area contributed by atoms with Crippen molar-refractivity contribution >= 4 is 0 Å². The largest absolute Gasteiger partial charge is 0.385 e. The number of piperidine rings is 1. The van der Waals surface area contributed by atoms with E-state index in [2.05, 4.69) is 16.0 Å². The van der Waals surface area contributed by atoms with Crippen LogP contribution in [0.5, 0.6) is 0 Å². The number of hydrogen-bond acceptors (Lipinski definition) is 4. The molecule has 1 aliphatic rings. The maximum atomic E-state index is 13.4. The highest BCUT2D eigenvalue weighted by Crippen LogP contribution is 2.30. The molecule has 1 saturated heterocycles. The van der Waals surface area contributed by atoms with Gasteiger partial charge in [0.05, 0.1) is 11.6 Å². The molecule has 1 atom stereocenters. The maximum absolute atomic E-state index is 13.4. The van der Waals surface area contributed by atoms with E-state index in [1.807, 2.05) is 17.8 Å². The number of imidazole rings is 1. The average molecular weight is 328 g/mol. The summed E-state index contributed by atoms with van der Waals surface area (Å²) in [6.07, 6.45) is 4.68. The molecule has 1 aromatic carbocycles. The molecule has 2 aromatic rings. The molecule has 0 aliphatic carbocycles. The first-order valence-corrected chi connectivity index (χ1v) is 8.14. The highest BCUT2D eigenvalue weighted by Gasteiger charge is 2.28. The van der Waals surface area contributed by atoms with Crippen molar-refractivity contribution in [2.45, 2.75) is 25.5 Å². The molecule has 1 N–H and O–H groups in total. The van der Waals surface area contributed by atoms with Crippen LogP contribution in [0.4, 0.5) is 4.39 Å².